The van der Waals surface area contributed by atoms with Gasteiger partial charge in [0, 0.05) is 23.7 Å². The Kier molecular flexibility index (Phi) is 26.2. The average molecular weight is 1410 g/mol. The Morgan fingerprint density at radius 1 is 0.329 bits per heavy atom. The molecule has 0 aliphatic rings. The van der Waals surface area contributed by atoms with E-state index in [-0.39, 0.29) is 44.8 Å². The summed E-state index contributed by atoms with van der Waals surface area (Å²) >= 11 is 10.3. The van der Waals surface area contributed by atoms with Crippen molar-refractivity contribution in [1.29, 1.82) is 0 Å². The standard InChI is InChI=1S/2C18H15P.C15H15NS2.C14H14P.2Au/c2*1-4-10-16(11-5-1)19(17-12-6-2-7-13-17)18-14-8-3-9-15-18;17-15(18)16(11-13-7-3-1-4-8-13)12-14-9-5-2-6-10-14;1-15(2,13-9-5-3-6-10-13)14-11-7-4-8-12-14;;/h2*1-15H;1-10H,11-12H2,(H,17,18);3-12H,1-2H2;;/q;;;-1;2*+1/p+1. The first-order valence-corrected chi connectivity index (χ1v) is 29.6. The van der Waals surface area contributed by atoms with E-state index >= 15 is 0 Å². The van der Waals surface area contributed by atoms with Crippen molar-refractivity contribution in [2.24, 2.45) is 0 Å². The zero-order valence-electron chi connectivity index (χ0n) is 40.5. The number of nitrogens with zero attached hydrogens (tertiary/aromatic N) is 1. The Labute approximate surface area is 480 Å². The first-order valence-electron chi connectivity index (χ1n) is 23.7. The molecule has 0 unspecified atom stereocenters. The number of hydrogen-bond donors (Lipinski definition) is 0. The van der Waals surface area contributed by atoms with Crippen LogP contribution in [0.5, 0.6) is 0 Å². The molecule has 372 valence electrons. The van der Waals surface area contributed by atoms with Crippen molar-refractivity contribution in [2.45, 2.75) is 13.1 Å². The minimum Gasteiger partial charge on any atom is -0.411 e. The first-order chi connectivity index (χ1) is 34.9. The molecule has 8 heteroatoms. The summed E-state index contributed by atoms with van der Waals surface area (Å²) in [6.07, 6.45) is 0. The van der Waals surface area contributed by atoms with E-state index in [0.29, 0.717) is 4.32 Å². The summed E-state index contributed by atoms with van der Waals surface area (Å²) in [6.45, 7) is 10.1. The van der Waals surface area contributed by atoms with Crippen LogP contribution in [0, 0.1) is 13.3 Å². The van der Waals surface area contributed by atoms with Crippen LogP contribution in [0.3, 0.4) is 0 Å². The third-order valence-electron chi connectivity index (χ3n) is 11.6. The molecule has 0 radical (unpaired) electrons. The van der Waals surface area contributed by atoms with Crippen LogP contribution in [0.15, 0.2) is 303 Å². The zero-order valence-corrected chi connectivity index (χ0v) is 49.4. The van der Waals surface area contributed by atoms with Crippen molar-refractivity contribution in [1.82, 2.24) is 4.90 Å². The Morgan fingerprint density at radius 3 is 0.699 bits per heavy atom. The van der Waals surface area contributed by atoms with E-state index in [1.54, 1.807) is 0 Å². The topological polar surface area (TPSA) is 3.24 Å². The molecule has 0 aliphatic heterocycles. The van der Waals surface area contributed by atoms with Gasteiger partial charge in [-0.05, 0) is 108 Å². The van der Waals surface area contributed by atoms with Gasteiger partial charge in [0.15, 0.2) is 0 Å². The third kappa shape index (κ3) is 18.8. The molecule has 10 rings (SSSR count). The van der Waals surface area contributed by atoms with E-state index in [0.717, 1.165) is 13.1 Å². The minimum absolute atomic E-state index is 0. The summed E-state index contributed by atoms with van der Waals surface area (Å²) in [4.78, 5) is 2.04. The molecule has 0 fully saturated rings. The molecular formula is C65H60Au2NP3S2+2. The van der Waals surface area contributed by atoms with Crippen LogP contribution in [0.1, 0.15) is 11.1 Å². The molecule has 0 saturated heterocycles. The maximum Gasteiger partial charge on any atom is 1.00 e. The first kappa shape index (κ1) is 59.0. The maximum atomic E-state index is 5.16. The molecule has 0 saturated carbocycles. The van der Waals surface area contributed by atoms with Crippen LogP contribution in [0.4, 0.5) is 0 Å². The van der Waals surface area contributed by atoms with E-state index in [2.05, 4.69) is 244 Å². The largest absolute Gasteiger partial charge is 1.00 e. The van der Waals surface area contributed by atoms with Crippen LogP contribution in [-0.4, -0.2) is 9.22 Å². The molecule has 0 aliphatic carbocycles. The molecule has 0 bridgehead atoms. The smallest absolute Gasteiger partial charge is 0.411 e. The molecule has 0 spiro atoms. The van der Waals surface area contributed by atoms with Gasteiger partial charge in [-0.15, -0.1) is 0 Å². The van der Waals surface area contributed by atoms with Gasteiger partial charge in [0.25, 0.3) is 0 Å². The van der Waals surface area contributed by atoms with Gasteiger partial charge in [-0.25, -0.2) is 0 Å². The molecule has 0 atom stereocenters. The summed E-state index contributed by atoms with van der Waals surface area (Å²) in [5.74, 6) is 0. The van der Waals surface area contributed by atoms with Crippen molar-refractivity contribution in [2.75, 3.05) is 0 Å². The van der Waals surface area contributed by atoms with Gasteiger partial charge in [0.05, 0.1) is 15.8 Å². The van der Waals surface area contributed by atoms with Gasteiger partial charge >= 0.3 is 44.8 Å². The predicted octanol–water partition coefficient (Wildman–Crippen LogP) is 13.1. The van der Waals surface area contributed by atoms with Crippen LogP contribution in [0.2, 0.25) is 0 Å². The fraction of sp³-hybridized carbons (Fsp3) is 0.0308. The van der Waals surface area contributed by atoms with E-state index in [1.807, 2.05) is 77.7 Å². The predicted molar refractivity (Wildman–Crippen MR) is 325 cm³/mol. The van der Waals surface area contributed by atoms with Gasteiger partial charge < -0.3 is 29.7 Å². The minimum atomic E-state index is -1.65. The molecule has 10 aromatic rings. The zero-order chi connectivity index (χ0) is 49.4. The molecule has 0 amide bonds. The Morgan fingerprint density at radius 2 is 0.507 bits per heavy atom. The number of benzene rings is 10. The quantitative estimate of drug-likeness (QED) is 0.0395. The summed E-state index contributed by atoms with van der Waals surface area (Å²) < 4.78 is 0.516. The second kappa shape index (κ2) is 32.4. The monoisotopic (exact) mass is 1410 g/mol. The Bertz CT molecular complexity index is 2620. The summed E-state index contributed by atoms with van der Waals surface area (Å²) in [6, 6.07) is 106. The Balaban J connectivity index is 0.000000180. The normalized spacial score (nSPS) is 10.3. The molecule has 10 aromatic carbocycles. The van der Waals surface area contributed by atoms with E-state index in [9.17, 15) is 0 Å². The molecule has 0 heterocycles. The second-order valence-corrected chi connectivity index (χ2v) is 25.6. The molecule has 1 nitrogen and oxygen atoms in total. The van der Waals surface area contributed by atoms with Crippen LogP contribution in [-0.2, 0) is 70.5 Å². The van der Waals surface area contributed by atoms with Gasteiger partial charge in [-0.1, -0.05) is 211 Å². The molecule has 0 aromatic heterocycles. The van der Waals surface area contributed by atoms with Crippen molar-refractivity contribution >= 4 is 94.7 Å². The SMILES string of the molecule is S=C([S-])N(Cc1ccccc1)Cc1ccccc1.[Au+].[Au+].[CH2-][P+]([CH2-])(c1ccccc1)c1ccccc1.c1ccc([PH+](c2ccccc2)c2ccccc2)cc1.c1ccc([PH+](c2ccccc2)c2ccccc2)cc1. The fourth-order valence-corrected chi connectivity index (χ4v) is 15.2. The number of hydrogen-bond acceptors (Lipinski definition) is 2. The van der Waals surface area contributed by atoms with Crippen molar-refractivity contribution in [3.05, 3.63) is 328 Å². The average Bonchev–Trinajstić information content (AvgIpc) is 3.44. The fourth-order valence-electron chi connectivity index (χ4n) is 8.00. The molecule has 0 N–H and O–H groups in total. The van der Waals surface area contributed by atoms with Crippen LogP contribution < -0.4 is 42.4 Å². The van der Waals surface area contributed by atoms with Crippen molar-refractivity contribution in [3.63, 3.8) is 0 Å². The van der Waals surface area contributed by atoms with Crippen LogP contribution >= 0.6 is 35.3 Å². The Hall–Kier alpha value is -4.92. The van der Waals surface area contributed by atoms with E-state index in [1.165, 1.54) is 53.6 Å². The van der Waals surface area contributed by atoms with Crippen molar-refractivity contribution < 1.29 is 44.8 Å². The third-order valence-corrected chi connectivity index (χ3v) is 20.1. The molecular weight excluding hydrogens is 1350 g/mol. The number of rotatable bonds is 12. The van der Waals surface area contributed by atoms with E-state index < -0.39 is 23.1 Å². The number of thiocarbonyl (C=S) groups is 1. The van der Waals surface area contributed by atoms with Gasteiger partial charge in [-0.2, -0.15) is 20.6 Å². The van der Waals surface area contributed by atoms with Gasteiger partial charge in [0.1, 0.15) is 31.8 Å². The van der Waals surface area contributed by atoms with Gasteiger partial charge in [0.2, 0.25) is 0 Å². The summed E-state index contributed by atoms with van der Waals surface area (Å²) in [5.41, 5.74) is 2.45. The van der Waals surface area contributed by atoms with E-state index in [4.69, 9.17) is 24.8 Å². The van der Waals surface area contributed by atoms with Crippen LogP contribution in [0.25, 0.3) is 0 Å². The summed E-state index contributed by atoms with van der Waals surface area (Å²) in [5, 5.41) is 11.1. The van der Waals surface area contributed by atoms with Crippen molar-refractivity contribution in [3.8, 4) is 0 Å². The second-order valence-electron chi connectivity index (χ2n) is 16.7. The molecule has 73 heavy (non-hydrogen) atoms. The summed E-state index contributed by atoms with van der Waals surface area (Å²) in [7, 11) is -3.40. The maximum absolute atomic E-state index is 5.16. The van der Waals surface area contributed by atoms with Gasteiger partial charge in [-0.3, -0.25) is 0 Å².